The van der Waals surface area contributed by atoms with Crippen LogP contribution in [0.25, 0.3) is 10.9 Å². The number of carboxylic acids is 1. The number of carboxylic acid groups (broad SMARTS) is 1. The highest BCUT2D eigenvalue weighted by atomic mass is 32.2. The fraction of sp³-hybridized carbons (Fsp3) is 0.214. The summed E-state index contributed by atoms with van der Waals surface area (Å²) in [7, 11) is -3.82. The van der Waals surface area contributed by atoms with Gasteiger partial charge in [-0.05, 0) is 40.8 Å². The number of nitrogens with two attached hydrogens (primary N) is 1. The minimum atomic E-state index is -3.82. The minimum Gasteiger partial charge on any atom is -0.481 e. The number of aliphatic carboxylic acids is 1. The molecule has 192 valence electrons. The number of carbonyl (C=O) groups excluding carboxylic acids is 1. The van der Waals surface area contributed by atoms with Crippen LogP contribution < -0.4 is 10.5 Å². The van der Waals surface area contributed by atoms with Crippen LogP contribution in [-0.4, -0.2) is 30.0 Å². The van der Waals surface area contributed by atoms with E-state index in [2.05, 4.69) is 31.3 Å². The zero-order valence-corrected chi connectivity index (χ0v) is 21.5. The third-order valence-corrected chi connectivity index (χ3v) is 7.24. The fourth-order valence-corrected chi connectivity index (χ4v) is 4.90. The van der Waals surface area contributed by atoms with E-state index in [1.807, 2.05) is 41.0 Å². The zero-order chi connectivity index (χ0) is 26.7. The Balaban J connectivity index is 1.71. The van der Waals surface area contributed by atoms with E-state index in [1.54, 1.807) is 12.1 Å². The molecule has 1 amide bonds. The second-order valence-electron chi connectivity index (χ2n) is 9.27. The molecule has 1 heterocycles. The van der Waals surface area contributed by atoms with Gasteiger partial charge in [0.1, 0.15) is 5.69 Å². The third kappa shape index (κ3) is 5.90. The molecule has 0 spiro atoms. The van der Waals surface area contributed by atoms with Crippen LogP contribution in [0.15, 0.2) is 77.7 Å². The van der Waals surface area contributed by atoms with Gasteiger partial charge in [-0.3, -0.25) is 9.59 Å². The number of sulfonamides is 1. The number of nitrogens with zero attached hydrogens (tertiary/aromatic N) is 1. The van der Waals surface area contributed by atoms with Crippen molar-refractivity contribution in [2.45, 2.75) is 44.2 Å². The first-order valence-electron chi connectivity index (χ1n) is 11.8. The molecule has 37 heavy (non-hydrogen) atoms. The summed E-state index contributed by atoms with van der Waals surface area (Å²) in [6, 6.07) is 21.5. The second-order valence-corrected chi connectivity index (χ2v) is 10.8. The van der Waals surface area contributed by atoms with Crippen molar-refractivity contribution in [2.24, 2.45) is 5.14 Å². The lowest BCUT2D eigenvalue weighted by molar-refractivity contribution is -0.136. The molecule has 0 aliphatic heterocycles. The highest BCUT2D eigenvalue weighted by molar-refractivity contribution is 7.89. The van der Waals surface area contributed by atoms with Gasteiger partial charge in [0.2, 0.25) is 10.0 Å². The summed E-state index contributed by atoms with van der Waals surface area (Å²) in [5.74, 6) is -1.05. The number of benzene rings is 3. The number of primary sulfonamides is 1. The molecule has 0 atom stereocenters. The Morgan fingerprint density at radius 1 is 0.946 bits per heavy atom. The number of para-hydroxylation sites is 1. The molecular weight excluding hydrogens is 490 g/mol. The van der Waals surface area contributed by atoms with E-state index < -0.39 is 21.9 Å². The molecule has 0 aliphatic rings. The molecule has 0 saturated carbocycles. The van der Waals surface area contributed by atoms with Gasteiger partial charge in [-0.25, -0.2) is 13.6 Å². The van der Waals surface area contributed by atoms with Crippen molar-refractivity contribution < 1.29 is 23.1 Å². The van der Waals surface area contributed by atoms with Crippen molar-refractivity contribution in [2.75, 3.05) is 0 Å². The lowest BCUT2D eigenvalue weighted by Gasteiger charge is -2.14. The molecule has 0 fully saturated rings. The van der Waals surface area contributed by atoms with E-state index in [-0.39, 0.29) is 23.6 Å². The van der Waals surface area contributed by atoms with Gasteiger partial charge in [0, 0.05) is 29.6 Å². The van der Waals surface area contributed by atoms with Gasteiger partial charge >= 0.3 is 5.97 Å². The number of carbonyl (C=O) groups is 2. The largest absolute Gasteiger partial charge is 0.481 e. The first-order chi connectivity index (χ1) is 17.5. The van der Waals surface area contributed by atoms with Crippen LogP contribution in [0.4, 0.5) is 0 Å². The molecule has 0 radical (unpaired) electrons. The normalized spacial score (nSPS) is 11.7. The summed E-state index contributed by atoms with van der Waals surface area (Å²) < 4.78 is 24.9. The first-order valence-corrected chi connectivity index (χ1v) is 13.4. The summed E-state index contributed by atoms with van der Waals surface area (Å²) in [6.07, 6.45) is -0.300. The Morgan fingerprint density at radius 2 is 1.57 bits per heavy atom. The van der Waals surface area contributed by atoms with E-state index in [9.17, 15) is 23.1 Å². The van der Waals surface area contributed by atoms with Crippen molar-refractivity contribution in [3.05, 3.63) is 101 Å². The number of amides is 1. The molecule has 3 aromatic carbocycles. The molecule has 4 N–H and O–H groups in total. The number of hydrogen-bond acceptors (Lipinski definition) is 4. The smallest absolute Gasteiger partial charge is 0.307 e. The zero-order valence-electron chi connectivity index (χ0n) is 20.6. The number of nitrogens with one attached hydrogen (secondary N) is 1. The van der Waals surface area contributed by atoms with Crippen LogP contribution >= 0.6 is 0 Å². The molecule has 0 aliphatic carbocycles. The lowest BCUT2D eigenvalue weighted by atomic mass is 10.0. The summed E-state index contributed by atoms with van der Waals surface area (Å²) in [6.45, 7) is 4.76. The number of fused-ring (bicyclic) bond motifs is 1. The predicted octanol–water partition coefficient (Wildman–Crippen LogP) is 4.02. The van der Waals surface area contributed by atoms with Crippen LogP contribution in [0, 0.1) is 0 Å². The van der Waals surface area contributed by atoms with Crippen LogP contribution in [0.3, 0.4) is 0 Å². The predicted molar refractivity (Wildman–Crippen MR) is 142 cm³/mol. The minimum absolute atomic E-state index is 0.0186. The Morgan fingerprint density at radius 3 is 2.16 bits per heavy atom. The van der Waals surface area contributed by atoms with Gasteiger partial charge in [0.15, 0.2) is 0 Å². The van der Waals surface area contributed by atoms with E-state index in [4.69, 9.17) is 5.14 Å². The Labute approximate surface area is 215 Å². The van der Waals surface area contributed by atoms with Crippen molar-refractivity contribution in [1.29, 1.82) is 0 Å². The van der Waals surface area contributed by atoms with Crippen LogP contribution in [0.5, 0.6) is 0 Å². The van der Waals surface area contributed by atoms with Gasteiger partial charge in [-0.15, -0.1) is 0 Å². The SMILES string of the molecule is CC(C)c1ccc(Cn2c(C(=O)NCc3ccc(S(N)(=O)=O)cc3)c(CC(=O)O)c3ccccc32)cc1. The summed E-state index contributed by atoms with van der Waals surface area (Å²) in [5, 5.41) is 18.3. The maximum atomic E-state index is 13.5. The topological polar surface area (TPSA) is 131 Å². The standard InChI is InChI=1S/C28H29N3O5S/c1-18(2)21-11-7-20(8-12-21)17-31-25-6-4-3-5-23(25)24(15-26(32)33)27(31)28(34)30-16-19-9-13-22(14-10-19)37(29,35)36/h3-14,18H,15-17H2,1-2H3,(H,30,34)(H,32,33)(H2,29,35,36). The van der Waals surface area contributed by atoms with Crippen molar-refractivity contribution >= 4 is 32.8 Å². The van der Waals surface area contributed by atoms with Gasteiger partial charge in [-0.1, -0.05) is 68.4 Å². The van der Waals surface area contributed by atoms with E-state index in [0.717, 1.165) is 11.1 Å². The van der Waals surface area contributed by atoms with E-state index in [1.165, 1.54) is 17.7 Å². The summed E-state index contributed by atoms with van der Waals surface area (Å²) in [5.41, 5.74) is 4.38. The quantitative estimate of drug-likeness (QED) is 0.307. The van der Waals surface area contributed by atoms with E-state index >= 15 is 0 Å². The first kappa shape index (κ1) is 26.1. The van der Waals surface area contributed by atoms with Crippen molar-refractivity contribution in [3.8, 4) is 0 Å². The van der Waals surface area contributed by atoms with Gasteiger partial charge < -0.3 is 15.0 Å². The van der Waals surface area contributed by atoms with E-state index in [0.29, 0.717) is 29.0 Å². The Kier molecular flexibility index (Phi) is 7.47. The fourth-order valence-electron chi connectivity index (χ4n) is 4.38. The number of hydrogen-bond donors (Lipinski definition) is 3. The Hall–Kier alpha value is -3.95. The average molecular weight is 520 g/mol. The molecule has 0 saturated heterocycles. The van der Waals surface area contributed by atoms with Crippen LogP contribution in [-0.2, 0) is 34.3 Å². The van der Waals surface area contributed by atoms with Gasteiger partial charge in [0.05, 0.1) is 11.3 Å². The molecule has 0 unspecified atom stereocenters. The van der Waals surface area contributed by atoms with Crippen LogP contribution in [0.1, 0.15) is 52.5 Å². The second kappa shape index (κ2) is 10.6. The molecule has 1 aromatic heterocycles. The highest BCUT2D eigenvalue weighted by Crippen LogP contribution is 2.28. The van der Waals surface area contributed by atoms with Crippen molar-refractivity contribution in [3.63, 3.8) is 0 Å². The average Bonchev–Trinajstić information content (AvgIpc) is 3.15. The summed E-state index contributed by atoms with van der Waals surface area (Å²) >= 11 is 0. The maximum absolute atomic E-state index is 13.5. The van der Waals surface area contributed by atoms with Crippen molar-refractivity contribution in [1.82, 2.24) is 9.88 Å². The monoisotopic (exact) mass is 519 g/mol. The van der Waals surface area contributed by atoms with Crippen LogP contribution in [0.2, 0.25) is 0 Å². The molecule has 0 bridgehead atoms. The number of aromatic nitrogens is 1. The molecule has 8 nitrogen and oxygen atoms in total. The Bertz CT molecular complexity index is 1550. The highest BCUT2D eigenvalue weighted by Gasteiger charge is 2.24. The molecule has 9 heteroatoms. The molecular formula is C28H29N3O5S. The lowest BCUT2D eigenvalue weighted by Crippen LogP contribution is -2.27. The third-order valence-electron chi connectivity index (χ3n) is 6.31. The maximum Gasteiger partial charge on any atom is 0.307 e. The number of rotatable bonds is 9. The van der Waals surface area contributed by atoms with Gasteiger partial charge in [0.25, 0.3) is 5.91 Å². The summed E-state index contributed by atoms with van der Waals surface area (Å²) in [4.78, 5) is 25.3. The molecule has 4 aromatic rings. The van der Waals surface area contributed by atoms with Gasteiger partial charge in [-0.2, -0.15) is 0 Å². The molecule has 4 rings (SSSR count).